The average Bonchev–Trinajstić information content (AvgIpc) is 3.36. The number of oxazole rings is 1. The van der Waals surface area contributed by atoms with Crippen molar-refractivity contribution in [3.8, 4) is 11.5 Å². The third-order valence-corrected chi connectivity index (χ3v) is 7.15. The van der Waals surface area contributed by atoms with Gasteiger partial charge in [0.25, 0.3) is 5.91 Å². The maximum absolute atomic E-state index is 12.8. The molecule has 0 aliphatic carbocycles. The lowest BCUT2D eigenvalue weighted by Gasteiger charge is -2.12. The van der Waals surface area contributed by atoms with E-state index in [0.717, 1.165) is 32.4 Å². The summed E-state index contributed by atoms with van der Waals surface area (Å²) in [7, 11) is 0. The molecule has 0 saturated heterocycles. The molecule has 3 aromatic carbocycles. The van der Waals surface area contributed by atoms with Gasteiger partial charge in [-0.05, 0) is 61.1 Å². The van der Waals surface area contributed by atoms with Crippen molar-refractivity contribution >= 4 is 84.6 Å². The molecule has 0 aliphatic heterocycles. The summed E-state index contributed by atoms with van der Waals surface area (Å²) in [5, 5.41) is 7.68. The lowest BCUT2D eigenvalue weighted by Crippen LogP contribution is -2.34. The van der Waals surface area contributed by atoms with Gasteiger partial charge in [0.05, 0.1) is 5.02 Å². The number of anilines is 1. The normalized spacial score (nSPS) is 11.1. The maximum Gasteiger partial charge on any atom is 0.269 e. The summed E-state index contributed by atoms with van der Waals surface area (Å²) in [6.07, 6.45) is 0. The number of aromatic nitrogens is 1. The van der Waals surface area contributed by atoms with Gasteiger partial charge in [-0.25, -0.2) is 4.98 Å². The Labute approximate surface area is 208 Å². The van der Waals surface area contributed by atoms with Crippen LogP contribution in [0.15, 0.2) is 65.1 Å². The minimum absolute atomic E-state index is 0.157. The SMILES string of the molecule is Cc1ccc(-c2nc3ccccc3o2)cc1NC(=S)NC(=O)c1sc2cc(Cl)ccc2c1Cl. The monoisotopic (exact) mass is 511 g/mol. The van der Waals surface area contributed by atoms with Gasteiger partial charge in [-0.3, -0.25) is 10.1 Å². The zero-order chi connectivity index (χ0) is 23.1. The summed E-state index contributed by atoms with van der Waals surface area (Å²) in [6.45, 7) is 1.94. The van der Waals surface area contributed by atoms with Crippen molar-refractivity contribution in [3.63, 3.8) is 0 Å². The van der Waals surface area contributed by atoms with E-state index >= 15 is 0 Å². The van der Waals surface area contributed by atoms with Crippen molar-refractivity contribution in [1.29, 1.82) is 0 Å². The van der Waals surface area contributed by atoms with E-state index in [9.17, 15) is 4.79 Å². The first kappa shape index (κ1) is 21.9. The Morgan fingerprint density at radius 1 is 1.09 bits per heavy atom. The molecule has 164 valence electrons. The van der Waals surface area contributed by atoms with Crippen LogP contribution in [0.4, 0.5) is 5.69 Å². The van der Waals surface area contributed by atoms with Crippen molar-refractivity contribution in [3.05, 3.63) is 81.1 Å². The molecule has 0 unspecified atom stereocenters. The molecule has 0 spiro atoms. The van der Waals surface area contributed by atoms with E-state index in [2.05, 4.69) is 15.6 Å². The van der Waals surface area contributed by atoms with Crippen molar-refractivity contribution in [2.24, 2.45) is 0 Å². The quantitative estimate of drug-likeness (QED) is 0.246. The van der Waals surface area contributed by atoms with Crippen LogP contribution in [0.5, 0.6) is 0 Å². The molecule has 2 aromatic heterocycles. The molecule has 5 aromatic rings. The largest absolute Gasteiger partial charge is 0.436 e. The molecule has 1 amide bonds. The number of thiocarbonyl (C=S) groups is 1. The molecule has 5 rings (SSSR count). The number of rotatable bonds is 3. The van der Waals surface area contributed by atoms with Crippen LogP contribution in [0.3, 0.4) is 0 Å². The van der Waals surface area contributed by atoms with Crippen LogP contribution in [0.2, 0.25) is 10.0 Å². The van der Waals surface area contributed by atoms with Crippen molar-refractivity contribution in [1.82, 2.24) is 10.3 Å². The van der Waals surface area contributed by atoms with Gasteiger partial charge in [-0.2, -0.15) is 0 Å². The van der Waals surface area contributed by atoms with E-state index in [1.165, 1.54) is 11.3 Å². The van der Waals surface area contributed by atoms with Crippen molar-refractivity contribution in [2.45, 2.75) is 6.92 Å². The molecule has 0 fully saturated rings. The van der Waals surface area contributed by atoms with Crippen LogP contribution in [0.25, 0.3) is 32.6 Å². The first-order valence-electron chi connectivity index (χ1n) is 9.85. The van der Waals surface area contributed by atoms with Gasteiger partial charge in [-0.15, -0.1) is 11.3 Å². The lowest BCUT2D eigenvalue weighted by molar-refractivity contribution is 0.0982. The van der Waals surface area contributed by atoms with Gasteiger partial charge >= 0.3 is 0 Å². The number of carbonyl (C=O) groups is 1. The Morgan fingerprint density at radius 2 is 1.91 bits per heavy atom. The predicted octanol–water partition coefficient (Wildman–Crippen LogP) is 7.45. The first-order valence-corrected chi connectivity index (χ1v) is 11.8. The summed E-state index contributed by atoms with van der Waals surface area (Å²) >= 11 is 19.1. The Balaban J connectivity index is 1.36. The molecular formula is C24H15Cl2N3O2S2. The Bertz CT molecular complexity index is 1530. The van der Waals surface area contributed by atoms with E-state index in [4.69, 9.17) is 39.8 Å². The van der Waals surface area contributed by atoms with Crippen molar-refractivity contribution in [2.75, 3.05) is 5.32 Å². The lowest BCUT2D eigenvalue weighted by atomic mass is 10.1. The van der Waals surface area contributed by atoms with Crippen molar-refractivity contribution < 1.29 is 9.21 Å². The molecule has 33 heavy (non-hydrogen) atoms. The van der Waals surface area contributed by atoms with Gasteiger partial charge in [0.15, 0.2) is 10.7 Å². The number of hydrogen-bond donors (Lipinski definition) is 2. The second-order valence-electron chi connectivity index (χ2n) is 7.31. The second-order valence-corrected chi connectivity index (χ2v) is 9.59. The number of benzene rings is 3. The summed E-state index contributed by atoms with van der Waals surface area (Å²) < 4.78 is 6.69. The maximum atomic E-state index is 12.8. The third-order valence-electron chi connectivity index (χ3n) is 5.05. The van der Waals surface area contributed by atoms with E-state index < -0.39 is 0 Å². The fraction of sp³-hybridized carbons (Fsp3) is 0.0417. The summed E-state index contributed by atoms with van der Waals surface area (Å²) in [5.74, 6) is 0.118. The van der Waals surface area contributed by atoms with Gasteiger partial charge in [0.1, 0.15) is 10.4 Å². The van der Waals surface area contributed by atoms with E-state index in [-0.39, 0.29) is 11.0 Å². The van der Waals surface area contributed by atoms with Crippen LogP contribution in [-0.2, 0) is 0 Å². The minimum Gasteiger partial charge on any atom is -0.436 e. The molecule has 9 heteroatoms. The fourth-order valence-electron chi connectivity index (χ4n) is 3.38. The highest BCUT2D eigenvalue weighted by atomic mass is 35.5. The molecule has 2 heterocycles. The zero-order valence-corrected chi connectivity index (χ0v) is 20.3. The topological polar surface area (TPSA) is 67.2 Å². The molecule has 0 bridgehead atoms. The fourth-order valence-corrected chi connectivity index (χ4v) is 5.27. The first-order chi connectivity index (χ1) is 15.9. The second kappa shape index (κ2) is 8.76. The summed E-state index contributed by atoms with van der Waals surface area (Å²) in [5.41, 5.74) is 3.96. The predicted molar refractivity (Wildman–Crippen MR) is 140 cm³/mol. The van der Waals surface area contributed by atoms with Crippen LogP contribution in [0.1, 0.15) is 15.2 Å². The zero-order valence-electron chi connectivity index (χ0n) is 17.1. The number of thiophene rings is 1. The highest BCUT2D eigenvalue weighted by Crippen LogP contribution is 2.36. The number of para-hydroxylation sites is 2. The van der Waals surface area contributed by atoms with Gasteiger partial charge in [-0.1, -0.05) is 47.5 Å². The van der Waals surface area contributed by atoms with Crippen LogP contribution < -0.4 is 10.6 Å². The number of fused-ring (bicyclic) bond motifs is 2. The summed E-state index contributed by atoms with van der Waals surface area (Å²) in [6, 6.07) is 18.6. The van der Waals surface area contributed by atoms with Crippen LogP contribution >= 0.6 is 46.8 Å². The van der Waals surface area contributed by atoms with E-state index in [1.807, 2.05) is 49.4 Å². The molecule has 0 atom stereocenters. The number of aryl methyl sites for hydroxylation is 1. The minimum atomic E-state index is -0.386. The Hall–Kier alpha value is -2.97. The van der Waals surface area contributed by atoms with E-state index in [0.29, 0.717) is 26.4 Å². The number of amides is 1. The number of hydrogen-bond acceptors (Lipinski definition) is 5. The summed E-state index contributed by atoms with van der Waals surface area (Å²) in [4.78, 5) is 17.7. The van der Waals surface area contributed by atoms with Crippen LogP contribution in [0, 0.1) is 6.92 Å². The molecule has 0 aliphatic rings. The van der Waals surface area contributed by atoms with Gasteiger partial charge in [0.2, 0.25) is 5.89 Å². The molecule has 2 N–H and O–H groups in total. The Morgan fingerprint density at radius 3 is 2.73 bits per heavy atom. The van der Waals surface area contributed by atoms with Crippen LogP contribution in [-0.4, -0.2) is 16.0 Å². The molecular weight excluding hydrogens is 497 g/mol. The highest BCUT2D eigenvalue weighted by molar-refractivity contribution is 7.80. The number of nitrogens with one attached hydrogen (secondary N) is 2. The average molecular weight is 512 g/mol. The highest BCUT2D eigenvalue weighted by Gasteiger charge is 2.19. The molecule has 5 nitrogen and oxygen atoms in total. The van der Waals surface area contributed by atoms with Gasteiger partial charge in [0, 0.05) is 26.4 Å². The smallest absolute Gasteiger partial charge is 0.269 e. The number of nitrogens with zero attached hydrogens (tertiary/aromatic N) is 1. The number of carbonyl (C=O) groups excluding carboxylic acids is 1. The Kier molecular flexibility index (Phi) is 5.80. The van der Waals surface area contributed by atoms with E-state index in [1.54, 1.807) is 18.2 Å². The standard InChI is InChI=1S/C24H15Cl2N3O2S2/c1-12-6-7-13(23-27-16-4-2-3-5-18(16)31-23)10-17(12)28-24(32)29-22(30)21-20(26)15-9-8-14(25)11-19(15)33-21/h2-11H,1H3,(H2,28,29,30,32). The van der Waals surface area contributed by atoms with Gasteiger partial charge < -0.3 is 9.73 Å². The molecule has 0 saturated carbocycles. The molecule has 0 radical (unpaired) electrons. The third kappa shape index (κ3) is 4.32. The number of halogens is 2.